The Hall–Kier alpha value is -2.81. The van der Waals surface area contributed by atoms with Gasteiger partial charge in [0.25, 0.3) is 5.91 Å². The average molecular weight is 349 g/mol. The van der Waals surface area contributed by atoms with Gasteiger partial charge in [-0.2, -0.15) is 5.10 Å². The minimum atomic E-state index is -0.581. The van der Waals surface area contributed by atoms with Gasteiger partial charge in [0, 0.05) is 30.4 Å². The Morgan fingerprint density at radius 3 is 2.38 bits per heavy atom. The topological polar surface area (TPSA) is 103 Å². The number of carbonyl (C=O) groups excluding carboxylic acids is 1. The van der Waals surface area contributed by atoms with Crippen LogP contribution in [-0.2, 0) is 6.54 Å². The van der Waals surface area contributed by atoms with E-state index in [9.17, 15) is 4.79 Å². The number of thiocarbonyl (C=S) groups is 1. The van der Waals surface area contributed by atoms with Crippen molar-refractivity contribution < 1.29 is 14.3 Å². The molecule has 0 atom stereocenters. The third-order valence-corrected chi connectivity index (χ3v) is 3.43. The highest BCUT2D eigenvalue weighted by Crippen LogP contribution is 2.26. The molecule has 9 heteroatoms. The molecule has 8 nitrogen and oxygen atoms in total. The molecule has 0 aliphatic rings. The van der Waals surface area contributed by atoms with E-state index in [2.05, 4.69) is 15.7 Å². The fraction of sp³-hybridized carbons (Fsp3) is 0.267. The Bertz CT molecular complexity index is 737. The molecule has 0 fully saturated rings. The van der Waals surface area contributed by atoms with Crippen molar-refractivity contribution in [3.63, 3.8) is 0 Å². The molecule has 0 spiro atoms. The molecule has 2 rings (SSSR count). The fourth-order valence-electron chi connectivity index (χ4n) is 2.14. The van der Waals surface area contributed by atoms with Gasteiger partial charge in [-0.1, -0.05) is 0 Å². The standard InChI is InChI=1S/C15H19N5O3S/c1-4-20-13(14(16)21)12(8-17-20)19-15(24)18-9-5-10(22-2)7-11(6-9)23-3/h5-8H,4H2,1-3H3,(H2,16,21)(H2,18,19,24). The Kier molecular flexibility index (Phi) is 5.59. The largest absolute Gasteiger partial charge is 0.497 e. The van der Waals surface area contributed by atoms with Crippen molar-refractivity contribution in [3.05, 3.63) is 30.1 Å². The van der Waals surface area contributed by atoms with Crippen LogP contribution in [0, 0.1) is 0 Å². The van der Waals surface area contributed by atoms with E-state index in [0.29, 0.717) is 29.4 Å². The molecule has 0 radical (unpaired) electrons. The lowest BCUT2D eigenvalue weighted by atomic mass is 10.3. The van der Waals surface area contributed by atoms with Crippen molar-refractivity contribution in [2.24, 2.45) is 5.73 Å². The number of hydrogen-bond acceptors (Lipinski definition) is 5. The van der Waals surface area contributed by atoms with Gasteiger partial charge in [0.05, 0.1) is 26.1 Å². The molecule has 0 bridgehead atoms. The summed E-state index contributed by atoms with van der Waals surface area (Å²) in [7, 11) is 3.13. The number of nitrogens with two attached hydrogens (primary N) is 1. The van der Waals surface area contributed by atoms with Crippen LogP contribution in [0.25, 0.3) is 0 Å². The number of benzene rings is 1. The molecule has 0 saturated heterocycles. The van der Waals surface area contributed by atoms with E-state index in [-0.39, 0.29) is 10.8 Å². The maximum Gasteiger partial charge on any atom is 0.269 e. The second-order valence-corrected chi connectivity index (χ2v) is 5.18. The molecule has 0 unspecified atom stereocenters. The van der Waals surface area contributed by atoms with Gasteiger partial charge >= 0.3 is 0 Å². The second kappa shape index (κ2) is 7.64. The van der Waals surface area contributed by atoms with Crippen molar-refractivity contribution in [1.29, 1.82) is 0 Å². The van der Waals surface area contributed by atoms with Crippen molar-refractivity contribution >= 4 is 34.6 Å². The molecule has 0 aliphatic carbocycles. The highest BCUT2D eigenvalue weighted by atomic mass is 32.1. The number of aryl methyl sites for hydroxylation is 1. The summed E-state index contributed by atoms with van der Waals surface area (Å²) >= 11 is 5.28. The zero-order chi connectivity index (χ0) is 17.7. The predicted molar refractivity (Wildman–Crippen MR) is 95.8 cm³/mol. The molecular formula is C15H19N5O3S. The first-order valence-corrected chi connectivity index (χ1v) is 7.56. The van der Waals surface area contributed by atoms with Crippen molar-refractivity contribution in [2.75, 3.05) is 24.9 Å². The van der Waals surface area contributed by atoms with Gasteiger partial charge in [-0.3, -0.25) is 9.48 Å². The number of nitrogens with one attached hydrogen (secondary N) is 2. The number of carbonyl (C=O) groups is 1. The highest BCUT2D eigenvalue weighted by Gasteiger charge is 2.16. The summed E-state index contributed by atoms with van der Waals surface area (Å²) in [5, 5.41) is 10.3. The van der Waals surface area contributed by atoms with Gasteiger partial charge in [-0.15, -0.1) is 0 Å². The van der Waals surface area contributed by atoms with Crippen LogP contribution < -0.4 is 25.8 Å². The molecular weight excluding hydrogens is 330 g/mol. The van der Waals surface area contributed by atoms with Crippen LogP contribution in [0.4, 0.5) is 11.4 Å². The molecule has 1 aromatic heterocycles. The van der Waals surface area contributed by atoms with E-state index >= 15 is 0 Å². The van der Waals surface area contributed by atoms with E-state index in [1.54, 1.807) is 32.4 Å². The number of aromatic nitrogens is 2. The smallest absolute Gasteiger partial charge is 0.269 e. The number of anilines is 2. The molecule has 4 N–H and O–H groups in total. The highest BCUT2D eigenvalue weighted by molar-refractivity contribution is 7.80. The Morgan fingerprint density at radius 2 is 1.88 bits per heavy atom. The Balaban J connectivity index is 2.17. The third kappa shape index (κ3) is 3.93. The van der Waals surface area contributed by atoms with Gasteiger partial charge < -0.3 is 25.8 Å². The number of ether oxygens (including phenoxy) is 2. The molecule has 128 valence electrons. The summed E-state index contributed by atoms with van der Waals surface area (Å²) in [5.74, 6) is 0.662. The van der Waals surface area contributed by atoms with Crippen LogP contribution in [-0.4, -0.2) is 35.0 Å². The summed E-state index contributed by atoms with van der Waals surface area (Å²) < 4.78 is 11.9. The average Bonchev–Trinajstić information content (AvgIpc) is 2.96. The summed E-state index contributed by atoms with van der Waals surface area (Å²) in [5.41, 5.74) is 6.79. The summed E-state index contributed by atoms with van der Waals surface area (Å²) in [6.45, 7) is 2.38. The SMILES string of the molecule is CCn1ncc(NC(=S)Nc2cc(OC)cc(OC)c2)c1C(N)=O. The summed E-state index contributed by atoms with van der Waals surface area (Å²) in [6, 6.07) is 5.28. The minimum absolute atomic E-state index is 0.268. The molecule has 0 aliphatic heterocycles. The first-order valence-electron chi connectivity index (χ1n) is 7.15. The van der Waals surface area contributed by atoms with Crippen molar-refractivity contribution in [1.82, 2.24) is 9.78 Å². The molecule has 1 aromatic carbocycles. The molecule has 1 heterocycles. The van der Waals surface area contributed by atoms with Crippen LogP contribution in [0.5, 0.6) is 11.5 Å². The zero-order valence-electron chi connectivity index (χ0n) is 13.6. The van der Waals surface area contributed by atoms with Crippen molar-refractivity contribution in [2.45, 2.75) is 13.5 Å². The van der Waals surface area contributed by atoms with Crippen LogP contribution in [0.3, 0.4) is 0 Å². The number of primary amides is 1. The Morgan fingerprint density at radius 1 is 1.25 bits per heavy atom. The van der Waals surface area contributed by atoms with Gasteiger partial charge in [0.15, 0.2) is 5.11 Å². The summed E-state index contributed by atoms with van der Waals surface area (Å²) in [4.78, 5) is 11.6. The minimum Gasteiger partial charge on any atom is -0.497 e. The normalized spacial score (nSPS) is 10.1. The Labute approximate surface area is 144 Å². The van der Waals surface area contributed by atoms with E-state index in [1.165, 1.54) is 10.9 Å². The van der Waals surface area contributed by atoms with E-state index < -0.39 is 5.91 Å². The zero-order valence-corrected chi connectivity index (χ0v) is 14.4. The predicted octanol–water partition coefficient (Wildman–Crippen LogP) is 1.83. The van der Waals surface area contributed by atoms with Crippen LogP contribution in [0.15, 0.2) is 24.4 Å². The van der Waals surface area contributed by atoms with Gasteiger partial charge in [-0.05, 0) is 19.1 Å². The lowest BCUT2D eigenvalue weighted by molar-refractivity contribution is 0.0991. The van der Waals surface area contributed by atoms with Gasteiger partial charge in [-0.25, -0.2) is 0 Å². The lowest BCUT2D eigenvalue weighted by Gasteiger charge is -2.13. The second-order valence-electron chi connectivity index (χ2n) is 4.77. The molecule has 24 heavy (non-hydrogen) atoms. The lowest BCUT2D eigenvalue weighted by Crippen LogP contribution is -2.23. The number of methoxy groups -OCH3 is 2. The third-order valence-electron chi connectivity index (χ3n) is 3.23. The monoisotopic (exact) mass is 349 g/mol. The van der Waals surface area contributed by atoms with Gasteiger partial charge in [0.1, 0.15) is 17.2 Å². The molecule has 2 aromatic rings. The maximum absolute atomic E-state index is 11.6. The first kappa shape index (κ1) is 17.5. The van der Waals surface area contributed by atoms with E-state index in [1.807, 2.05) is 6.92 Å². The van der Waals surface area contributed by atoms with E-state index in [0.717, 1.165) is 0 Å². The number of rotatable bonds is 6. The molecule has 1 amide bonds. The number of nitrogens with zero attached hydrogens (tertiary/aromatic N) is 2. The number of hydrogen-bond donors (Lipinski definition) is 3. The van der Waals surface area contributed by atoms with Crippen LogP contribution >= 0.6 is 12.2 Å². The van der Waals surface area contributed by atoms with Crippen LogP contribution in [0.1, 0.15) is 17.4 Å². The first-order chi connectivity index (χ1) is 11.5. The van der Waals surface area contributed by atoms with Crippen LogP contribution in [0.2, 0.25) is 0 Å². The summed E-state index contributed by atoms with van der Waals surface area (Å²) in [6.07, 6.45) is 1.50. The van der Waals surface area contributed by atoms with E-state index in [4.69, 9.17) is 27.4 Å². The fourth-order valence-corrected chi connectivity index (χ4v) is 2.37. The van der Waals surface area contributed by atoms with Crippen molar-refractivity contribution in [3.8, 4) is 11.5 Å². The maximum atomic E-state index is 11.6. The molecule has 0 saturated carbocycles. The van der Waals surface area contributed by atoms with Gasteiger partial charge in [0.2, 0.25) is 0 Å². The quantitative estimate of drug-likeness (QED) is 0.684. The number of amides is 1.